The van der Waals surface area contributed by atoms with Crippen molar-refractivity contribution in [3.63, 3.8) is 0 Å². The van der Waals surface area contributed by atoms with Crippen LogP contribution in [0, 0.1) is 52.4 Å². The van der Waals surface area contributed by atoms with Gasteiger partial charge in [-0.2, -0.15) is 0 Å². The fourth-order valence-electron chi connectivity index (χ4n) is 11.3. The number of carbonyl (C=O) groups is 6. The largest absolute Gasteiger partial charge is 0.503 e. The van der Waals surface area contributed by atoms with Gasteiger partial charge in [0.15, 0.2) is 53.1 Å². The maximum atomic E-state index is 13.9. The Labute approximate surface area is 540 Å². The summed E-state index contributed by atoms with van der Waals surface area (Å²) in [6, 6.07) is 0.916. The normalized spacial score (nSPS) is 19.1. The van der Waals surface area contributed by atoms with Crippen LogP contribution in [0.3, 0.4) is 0 Å². The Balaban J connectivity index is 0.000000170. The number of aromatic hydroxyl groups is 1. The van der Waals surface area contributed by atoms with E-state index < -0.39 is 211 Å². The first-order valence-corrected chi connectivity index (χ1v) is 29.1. The van der Waals surface area contributed by atoms with Gasteiger partial charge in [-0.15, -0.1) is 0 Å². The molecule has 4 amide bonds. The van der Waals surface area contributed by atoms with Gasteiger partial charge in [0.05, 0.1) is 66.4 Å². The summed E-state index contributed by atoms with van der Waals surface area (Å²) in [6.45, 7) is -1.21. The van der Waals surface area contributed by atoms with Crippen molar-refractivity contribution in [3.05, 3.63) is 188 Å². The van der Waals surface area contributed by atoms with Gasteiger partial charge < -0.3 is 82.7 Å². The van der Waals surface area contributed by atoms with Crippen molar-refractivity contribution in [1.82, 2.24) is 34.6 Å². The number of pyridine rings is 3. The summed E-state index contributed by atoms with van der Waals surface area (Å²) in [6.07, 6.45) is 3.31. The molecule has 3 saturated heterocycles. The number of ether oxygens (including phenoxy) is 8. The minimum Gasteiger partial charge on any atom is -0.503 e. The molecule has 2 unspecified atom stereocenters. The quantitative estimate of drug-likeness (QED) is 0.0592. The molecule has 4 aliphatic heterocycles. The van der Waals surface area contributed by atoms with Gasteiger partial charge in [-0.05, 0) is 32.1 Å². The molecule has 1 saturated carbocycles. The second-order valence-electron chi connectivity index (χ2n) is 21.9. The molecule has 1 aliphatic carbocycles. The van der Waals surface area contributed by atoms with Crippen LogP contribution in [0.1, 0.15) is 129 Å². The van der Waals surface area contributed by atoms with Gasteiger partial charge in [-0.25, -0.2) is 49.1 Å². The molecular weight excluding hydrogens is 1320 g/mol. The summed E-state index contributed by atoms with van der Waals surface area (Å²) in [5.41, 5.74) is -7.10. The Morgan fingerprint density at radius 2 is 0.876 bits per heavy atom. The number of nitrogens with zero attached hydrogens (tertiary/aromatic N) is 4. The molecule has 4 fully saturated rings. The number of esters is 2. The first-order chi connectivity index (χ1) is 46.2. The van der Waals surface area contributed by atoms with Gasteiger partial charge in [0.1, 0.15) is 69.0 Å². The molecule has 97 heavy (non-hydrogen) atoms. The van der Waals surface area contributed by atoms with E-state index in [2.05, 4.69) is 16.0 Å². The molecule has 3 aromatic carbocycles. The Kier molecular flexibility index (Phi) is 21.9. The van der Waals surface area contributed by atoms with Crippen molar-refractivity contribution >= 4 is 35.6 Å². The highest BCUT2D eigenvalue weighted by Crippen LogP contribution is 2.43. The van der Waals surface area contributed by atoms with Crippen molar-refractivity contribution < 1.29 is 116 Å². The number of aliphatic hydroxyl groups excluding tert-OH is 1. The number of hydrogen-bond acceptors (Lipinski definition) is 19. The molecule has 0 spiro atoms. The maximum Gasteiger partial charge on any atom is 0.358 e. The van der Waals surface area contributed by atoms with Crippen LogP contribution in [-0.4, -0.2) is 145 Å². The highest BCUT2D eigenvalue weighted by molar-refractivity contribution is 6.00. The standard InChI is InChI=1S/C21H18F3N3O5.C21H21F3N2O7.C20H19F3N2O7/c22-9-5-13(23)11(14(24)6-9)7-25-19(30)12-8-26-15-3-4-32-21(15)27(10-1-2-10)20(31)16(26)18(29)17(12)28;1-30-18-16(20(29)31-2)26(15-4-5-33-21(15)32-3)9-12(17(18)27)19(28)25-8-11-13(23)6-10(22)7-14(11)24;1-30-17-15(20(29)31-2)25(14-3-4-32-19(14)28)8-11(16(17)26)18(27)24-7-10-12(22)5-9(21)6-13(10)23/h5-6,8,10,15,21,29H,1-4,7H2,(H,25,30);6-7,9,15,21H,4-5,8H2,1-3H3,(H,25,28);5-6,8,14,19,28H,3-4,7H2,1-2H3,(H,24,27)/t15-,21+;15-,21?;14-,19?/m111/s1. The summed E-state index contributed by atoms with van der Waals surface area (Å²) in [7, 11) is 5.81. The topological polar surface area (TPSA) is 322 Å². The third kappa shape index (κ3) is 14.5. The zero-order chi connectivity index (χ0) is 70.6. The van der Waals surface area contributed by atoms with Crippen molar-refractivity contribution in [2.45, 2.75) is 94.7 Å². The average molecular weight is 1380 g/mol. The highest BCUT2D eigenvalue weighted by atomic mass is 19.2. The monoisotopic (exact) mass is 1380 g/mol. The minimum absolute atomic E-state index is 0.0140. The molecule has 3 aromatic heterocycles. The number of fused-ring (bicyclic) bond motifs is 3. The molecule has 5 N–H and O–H groups in total. The number of amides is 4. The van der Waals surface area contributed by atoms with E-state index in [1.54, 1.807) is 4.90 Å². The predicted octanol–water partition coefficient (Wildman–Crippen LogP) is 5.00. The summed E-state index contributed by atoms with van der Waals surface area (Å²) in [5, 5.41) is 27.2. The lowest BCUT2D eigenvalue weighted by Gasteiger charge is -2.39. The third-order valence-electron chi connectivity index (χ3n) is 16.1. The van der Waals surface area contributed by atoms with Crippen molar-refractivity contribution in [2.24, 2.45) is 0 Å². The van der Waals surface area contributed by atoms with Crippen LogP contribution in [0.5, 0.6) is 17.2 Å². The lowest BCUT2D eigenvalue weighted by Crippen LogP contribution is -2.51. The van der Waals surface area contributed by atoms with E-state index in [1.807, 2.05) is 0 Å². The molecule has 26 nitrogen and oxygen atoms in total. The van der Waals surface area contributed by atoms with Crippen LogP contribution in [0.2, 0.25) is 0 Å². The molecule has 6 aromatic rings. The average Bonchev–Trinajstić information content (AvgIpc) is 1.68. The number of rotatable bonds is 17. The van der Waals surface area contributed by atoms with E-state index in [1.165, 1.54) is 22.4 Å². The van der Waals surface area contributed by atoms with Crippen LogP contribution < -0.4 is 41.7 Å². The van der Waals surface area contributed by atoms with Crippen molar-refractivity contribution in [3.8, 4) is 17.2 Å². The van der Waals surface area contributed by atoms with Crippen LogP contribution in [-0.2, 0) is 48.1 Å². The molecule has 0 bridgehead atoms. The molecule has 518 valence electrons. The number of nitrogens with one attached hydrogen (secondary N) is 3. The SMILES string of the molecule is COC(=O)c1c(OC)c(=O)c(C(=O)NCc2c(F)cc(F)cc2F)cn1[C@@H]1CCOC1O.COC(=O)c1c(OC)c(=O)c(C(=O)NCc2c(F)cc(F)cc2F)cn1[C@@H]1CCOC1OC.O=C(NCc1c(F)cc(F)cc1F)c1cn2c(c(O)c1=O)C(=O)N(C1CC1)[C@H]1OCC[C@H]12. The molecule has 5 aliphatic rings. The van der Waals surface area contributed by atoms with Crippen LogP contribution in [0.15, 0.2) is 69.4 Å². The van der Waals surface area contributed by atoms with Gasteiger partial charge in [-0.1, -0.05) is 0 Å². The number of aliphatic hydroxyl groups is 1. The van der Waals surface area contributed by atoms with Gasteiger partial charge in [0.25, 0.3) is 23.6 Å². The molecule has 6 atom stereocenters. The molecule has 7 heterocycles. The first-order valence-electron chi connectivity index (χ1n) is 29.1. The van der Waals surface area contributed by atoms with Crippen molar-refractivity contribution in [1.29, 1.82) is 0 Å². The maximum absolute atomic E-state index is 13.9. The number of aromatic nitrogens is 3. The first kappa shape index (κ1) is 71.2. The minimum atomic E-state index is -1.34. The van der Waals surface area contributed by atoms with E-state index in [0.29, 0.717) is 55.8 Å². The molecule has 35 heteroatoms. The van der Waals surface area contributed by atoms with Gasteiger partial charge in [0, 0.05) is 104 Å². The fraction of sp³-hybridized carbons (Fsp3) is 0.371. The second-order valence-corrected chi connectivity index (χ2v) is 21.9. The number of hydrogen-bond donors (Lipinski definition) is 5. The summed E-state index contributed by atoms with van der Waals surface area (Å²) < 4.78 is 167. The fourth-order valence-corrected chi connectivity index (χ4v) is 11.3. The number of carbonyl (C=O) groups excluding carboxylic acids is 6. The smallest absolute Gasteiger partial charge is 0.358 e. The number of benzene rings is 3. The Hall–Kier alpha value is -10.1. The lowest BCUT2D eigenvalue weighted by molar-refractivity contribution is -0.106. The zero-order valence-corrected chi connectivity index (χ0v) is 51.5. The van der Waals surface area contributed by atoms with E-state index in [4.69, 9.17) is 37.9 Å². The van der Waals surface area contributed by atoms with Gasteiger partial charge in [-0.3, -0.25) is 33.6 Å². The lowest BCUT2D eigenvalue weighted by atomic mass is 10.0. The van der Waals surface area contributed by atoms with E-state index in [0.717, 1.165) is 58.2 Å². The molecular formula is C62H58F9N7O19. The van der Waals surface area contributed by atoms with E-state index >= 15 is 0 Å². The van der Waals surface area contributed by atoms with E-state index in [-0.39, 0.29) is 42.8 Å². The van der Waals surface area contributed by atoms with Gasteiger partial charge in [0.2, 0.25) is 16.3 Å². The predicted molar refractivity (Wildman–Crippen MR) is 311 cm³/mol. The Morgan fingerprint density at radius 3 is 1.26 bits per heavy atom. The second kappa shape index (κ2) is 29.9. The van der Waals surface area contributed by atoms with Crippen LogP contribution >= 0.6 is 0 Å². The zero-order valence-electron chi connectivity index (χ0n) is 51.5. The number of halogens is 9. The summed E-state index contributed by atoms with van der Waals surface area (Å²) in [5.74, 6) is -17.9. The van der Waals surface area contributed by atoms with Crippen LogP contribution in [0.4, 0.5) is 39.5 Å². The van der Waals surface area contributed by atoms with Gasteiger partial charge >= 0.3 is 11.9 Å². The Morgan fingerprint density at radius 1 is 0.505 bits per heavy atom. The molecule has 0 radical (unpaired) electrons. The summed E-state index contributed by atoms with van der Waals surface area (Å²) >= 11 is 0. The van der Waals surface area contributed by atoms with Crippen LogP contribution in [0.25, 0.3) is 0 Å². The van der Waals surface area contributed by atoms with E-state index in [9.17, 15) is 92.9 Å². The summed E-state index contributed by atoms with van der Waals surface area (Å²) in [4.78, 5) is 116. The number of methoxy groups -OCH3 is 5. The highest BCUT2D eigenvalue weighted by Gasteiger charge is 2.50. The molecule has 11 rings (SSSR count). The third-order valence-corrected chi connectivity index (χ3v) is 16.1. The van der Waals surface area contributed by atoms with Crippen molar-refractivity contribution in [2.75, 3.05) is 55.4 Å². The Bertz CT molecular complexity index is 4250.